The predicted molar refractivity (Wildman–Crippen MR) is 115 cm³/mol. The molecule has 3 aromatic carbocycles. The molecule has 0 radical (unpaired) electrons. The molecular formula is C24H21FN4O. The van der Waals surface area contributed by atoms with Crippen LogP contribution in [0, 0.1) is 26.6 Å². The lowest BCUT2D eigenvalue weighted by atomic mass is 10.1. The van der Waals surface area contributed by atoms with Gasteiger partial charge in [-0.1, -0.05) is 24.3 Å². The SMILES string of the molecule is Cc1cccc(-n2nc(C(=O)Nc3cccc(C)c3C)nc2-c2ccc(F)cc2)c1. The molecule has 1 aromatic heterocycles. The van der Waals surface area contributed by atoms with Crippen LogP contribution in [-0.4, -0.2) is 20.7 Å². The van der Waals surface area contributed by atoms with E-state index in [1.165, 1.54) is 12.1 Å². The fraction of sp³-hybridized carbons (Fsp3) is 0.125. The van der Waals surface area contributed by atoms with Gasteiger partial charge in [-0.05, 0) is 79.9 Å². The number of benzene rings is 3. The largest absolute Gasteiger partial charge is 0.319 e. The quantitative estimate of drug-likeness (QED) is 0.509. The van der Waals surface area contributed by atoms with Crippen molar-refractivity contribution in [2.24, 2.45) is 0 Å². The Labute approximate surface area is 174 Å². The molecule has 0 fully saturated rings. The summed E-state index contributed by atoms with van der Waals surface area (Å²) in [4.78, 5) is 17.4. The summed E-state index contributed by atoms with van der Waals surface area (Å²) in [6.07, 6.45) is 0. The van der Waals surface area contributed by atoms with Gasteiger partial charge in [0.15, 0.2) is 5.82 Å². The zero-order chi connectivity index (χ0) is 21.3. The number of rotatable bonds is 4. The number of carbonyl (C=O) groups excluding carboxylic acids is 1. The minimum absolute atomic E-state index is 0.0386. The Morgan fingerprint density at radius 1 is 0.967 bits per heavy atom. The van der Waals surface area contributed by atoms with Gasteiger partial charge in [0.2, 0.25) is 5.82 Å². The highest BCUT2D eigenvalue weighted by atomic mass is 19.1. The molecular weight excluding hydrogens is 379 g/mol. The van der Waals surface area contributed by atoms with Crippen molar-refractivity contribution in [3.05, 3.63) is 95.1 Å². The summed E-state index contributed by atoms with van der Waals surface area (Å²) in [6, 6.07) is 19.4. The van der Waals surface area contributed by atoms with Crippen LogP contribution >= 0.6 is 0 Å². The van der Waals surface area contributed by atoms with Gasteiger partial charge in [0.05, 0.1) is 5.69 Å². The summed E-state index contributed by atoms with van der Waals surface area (Å²) in [5.74, 6) is -0.241. The Hall–Kier alpha value is -3.80. The fourth-order valence-electron chi connectivity index (χ4n) is 3.20. The van der Waals surface area contributed by atoms with Gasteiger partial charge >= 0.3 is 0 Å². The summed E-state index contributed by atoms with van der Waals surface area (Å²) < 4.78 is 15.0. The summed E-state index contributed by atoms with van der Waals surface area (Å²) in [6.45, 7) is 5.92. The standard InChI is InChI=1S/C24H21FN4O/c1-15-6-4-8-20(14-15)29-23(18-10-12-19(25)13-11-18)27-22(28-29)24(30)26-21-9-5-7-16(2)17(21)3/h4-14H,1-3H3,(H,26,30). The maximum Gasteiger partial charge on any atom is 0.295 e. The van der Waals surface area contributed by atoms with E-state index in [1.54, 1.807) is 16.8 Å². The third kappa shape index (κ3) is 3.85. The monoisotopic (exact) mass is 400 g/mol. The van der Waals surface area contributed by atoms with E-state index in [4.69, 9.17) is 0 Å². The van der Waals surface area contributed by atoms with Crippen molar-refractivity contribution in [3.8, 4) is 17.1 Å². The highest BCUT2D eigenvalue weighted by Crippen LogP contribution is 2.23. The van der Waals surface area contributed by atoms with Crippen molar-refractivity contribution in [1.29, 1.82) is 0 Å². The summed E-state index contributed by atoms with van der Waals surface area (Å²) >= 11 is 0. The van der Waals surface area contributed by atoms with Gasteiger partial charge in [0, 0.05) is 11.3 Å². The van der Waals surface area contributed by atoms with Gasteiger partial charge in [0.25, 0.3) is 5.91 Å². The molecule has 5 nitrogen and oxygen atoms in total. The number of nitrogens with zero attached hydrogens (tertiary/aromatic N) is 3. The molecule has 0 spiro atoms. The van der Waals surface area contributed by atoms with Crippen molar-refractivity contribution >= 4 is 11.6 Å². The summed E-state index contributed by atoms with van der Waals surface area (Å²) in [5, 5.41) is 7.36. The molecule has 0 aliphatic rings. The third-order valence-electron chi connectivity index (χ3n) is 5.01. The number of amides is 1. The molecule has 1 N–H and O–H groups in total. The van der Waals surface area contributed by atoms with Gasteiger partial charge in [-0.15, -0.1) is 5.10 Å². The Morgan fingerprint density at radius 2 is 1.70 bits per heavy atom. The Balaban J connectivity index is 1.77. The maximum atomic E-state index is 13.4. The van der Waals surface area contributed by atoms with Crippen molar-refractivity contribution < 1.29 is 9.18 Å². The second-order valence-corrected chi connectivity index (χ2v) is 7.22. The van der Waals surface area contributed by atoms with Crippen LogP contribution in [0.3, 0.4) is 0 Å². The minimum atomic E-state index is -0.404. The number of aryl methyl sites for hydroxylation is 2. The molecule has 0 saturated carbocycles. The highest BCUT2D eigenvalue weighted by molar-refractivity contribution is 6.02. The van der Waals surface area contributed by atoms with Gasteiger partial charge < -0.3 is 5.32 Å². The van der Waals surface area contributed by atoms with E-state index in [9.17, 15) is 9.18 Å². The Kier molecular flexibility index (Phi) is 5.14. The van der Waals surface area contributed by atoms with E-state index in [-0.39, 0.29) is 11.6 Å². The molecule has 1 heterocycles. The molecule has 0 unspecified atom stereocenters. The molecule has 0 bridgehead atoms. The van der Waals surface area contributed by atoms with Crippen LogP contribution in [0.1, 0.15) is 27.3 Å². The lowest BCUT2D eigenvalue weighted by Gasteiger charge is -2.08. The molecule has 4 aromatic rings. The van der Waals surface area contributed by atoms with Crippen molar-refractivity contribution in [1.82, 2.24) is 14.8 Å². The second kappa shape index (κ2) is 7.91. The van der Waals surface area contributed by atoms with Gasteiger partial charge in [-0.3, -0.25) is 4.79 Å². The predicted octanol–water partition coefficient (Wildman–Crippen LogP) is 5.25. The fourth-order valence-corrected chi connectivity index (χ4v) is 3.20. The zero-order valence-electron chi connectivity index (χ0n) is 17.0. The number of carbonyl (C=O) groups is 1. The first kappa shape index (κ1) is 19.5. The van der Waals surface area contributed by atoms with Crippen LogP contribution in [0.4, 0.5) is 10.1 Å². The zero-order valence-corrected chi connectivity index (χ0v) is 17.0. The average molecular weight is 400 g/mol. The first-order valence-corrected chi connectivity index (χ1v) is 9.60. The van der Waals surface area contributed by atoms with E-state index in [2.05, 4.69) is 15.4 Å². The van der Waals surface area contributed by atoms with Crippen LogP contribution < -0.4 is 5.32 Å². The molecule has 0 saturated heterocycles. The molecule has 0 aliphatic heterocycles. The first-order valence-electron chi connectivity index (χ1n) is 9.60. The Bertz CT molecular complexity index is 1230. The van der Waals surface area contributed by atoms with E-state index in [1.807, 2.05) is 63.2 Å². The van der Waals surface area contributed by atoms with Crippen LogP contribution in [0.2, 0.25) is 0 Å². The third-order valence-corrected chi connectivity index (χ3v) is 5.01. The average Bonchev–Trinajstić information content (AvgIpc) is 3.18. The maximum absolute atomic E-state index is 13.4. The van der Waals surface area contributed by atoms with E-state index < -0.39 is 5.91 Å². The van der Waals surface area contributed by atoms with Crippen LogP contribution in [0.5, 0.6) is 0 Å². The minimum Gasteiger partial charge on any atom is -0.319 e. The molecule has 150 valence electrons. The van der Waals surface area contributed by atoms with E-state index >= 15 is 0 Å². The summed E-state index contributed by atoms with van der Waals surface area (Å²) in [5.41, 5.74) is 5.27. The lowest BCUT2D eigenvalue weighted by Crippen LogP contribution is -2.15. The molecule has 0 aliphatic carbocycles. The molecule has 4 rings (SSSR count). The van der Waals surface area contributed by atoms with Crippen LogP contribution in [0.25, 0.3) is 17.1 Å². The molecule has 0 atom stereocenters. The normalized spacial score (nSPS) is 10.8. The van der Waals surface area contributed by atoms with Crippen molar-refractivity contribution in [2.75, 3.05) is 5.32 Å². The number of nitrogens with one attached hydrogen (secondary N) is 1. The number of halogens is 1. The van der Waals surface area contributed by atoms with E-state index in [0.29, 0.717) is 11.4 Å². The Morgan fingerprint density at radius 3 is 2.43 bits per heavy atom. The van der Waals surface area contributed by atoms with Gasteiger partial charge in [-0.25, -0.2) is 14.1 Å². The first-order chi connectivity index (χ1) is 14.4. The lowest BCUT2D eigenvalue weighted by molar-refractivity contribution is 0.101. The van der Waals surface area contributed by atoms with E-state index in [0.717, 1.165) is 28.1 Å². The van der Waals surface area contributed by atoms with Crippen LogP contribution in [-0.2, 0) is 0 Å². The van der Waals surface area contributed by atoms with Crippen LogP contribution in [0.15, 0.2) is 66.7 Å². The molecule has 1 amide bonds. The topological polar surface area (TPSA) is 59.8 Å². The summed E-state index contributed by atoms with van der Waals surface area (Å²) in [7, 11) is 0. The molecule has 30 heavy (non-hydrogen) atoms. The second-order valence-electron chi connectivity index (χ2n) is 7.22. The number of hydrogen-bond donors (Lipinski definition) is 1. The smallest absolute Gasteiger partial charge is 0.295 e. The number of hydrogen-bond acceptors (Lipinski definition) is 3. The van der Waals surface area contributed by atoms with Crippen molar-refractivity contribution in [3.63, 3.8) is 0 Å². The van der Waals surface area contributed by atoms with Gasteiger partial charge in [0.1, 0.15) is 5.82 Å². The highest BCUT2D eigenvalue weighted by Gasteiger charge is 2.19. The van der Waals surface area contributed by atoms with Gasteiger partial charge in [-0.2, -0.15) is 0 Å². The number of anilines is 1. The molecule has 6 heteroatoms. The number of aromatic nitrogens is 3. The van der Waals surface area contributed by atoms with Crippen molar-refractivity contribution in [2.45, 2.75) is 20.8 Å².